The first-order valence-corrected chi connectivity index (χ1v) is 9.80. The third-order valence-corrected chi connectivity index (χ3v) is 5.36. The van der Waals surface area contributed by atoms with Crippen molar-refractivity contribution < 1.29 is 32.3 Å². The van der Waals surface area contributed by atoms with Gasteiger partial charge in [0.25, 0.3) is 5.91 Å². The Kier molecular flexibility index (Phi) is 7.67. The number of piperidine rings is 1. The molecular formula is C19H22BrF3N2O4. The summed E-state index contributed by atoms with van der Waals surface area (Å²) in [5.74, 6) is -2.18. The van der Waals surface area contributed by atoms with Crippen molar-refractivity contribution in [2.24, 2.45) is 5.92 Å². The molecule has 0 aliphatic carbocycles. The SMILES string of the molecule is CC(=O)OCC(=O)N1CCC(C(=O)N(C)[C@@H](c2ccc(Br)cc2)C(F)(F)F)CC1. The van der Waals surface area contributed by atoms with E-state index in [-0.39, 0.29) is 44.0 Å². The van der Waals surface area contributed by atoms with Crippen molar-refractivity contribution in [3.05, 3.63) is 34.3 Å². The van der Waals surface area contributed by atoms with E-state index in [2.05, 4.69) is 20.7 Å². The summed E-state index contributed by atoms with van der Waals surface area (Å²) in [4.78, 5) is 37.7. The van der Waals surface area contributed by atoms with Gasteiger partial charge < -0.3 is 14.5 Å². The minimum atomic E-state index is -4.63. The van der Waals surface area contributed by atoms with E-state index in [9.17, 15) is 27.6 Å². The maximum atomic E-state index is 13.7. The molecule has 2 amide bonds. The first kappa shape index (κ1) is 23.2. The zero-order chi connectivity index (χ0) is 21.8. The van der Waals surface area contributed by atoms with E-state index in [0.717, 1.165) is 11.9 Å². The monoisotopic (exact) mass is 478 g/mol. The van der Waals surface area contributed by atoms with Gasteiger partial charge >= 0.3 is 12.1 Å². The number of esters is 1. The van der Waals surface area contributed by atoms with Gasteiger partial charge in [-0.1, -0.05) is 28.1 Å². The number of amides is 2. The van der Waals surface area contributed by atoms with Gasteiger partial charge in [-0.3, -0.25) is 14.4 Å². The average molecular weight is 479 g/mol. The topological polar surface area (TPSA) is 66.9 Å². The Labute approximate surface area is 175 Å². The average Bonchev–Trinajstić information content (AvgIpc) is 2.66. The van der Waals surface area contributed by atoms with Gasteiger partial charge in [0.05, 0.1) is 0 Å². The Balaban J connectivity index is 2.04. The highest BCUT2D eigenvalue weighted by Gasteiger charge is 2.46. The second-order valence-corrected chi connectivity index (χ2v) is 7.80. The van der Waals surface area contributed by atoms with Crippen LogP contribution >= 0.6 is 15.9 Å². The Morgan fingerprint density at radius 1 is 1.21 bits per heavy atom. The number of carbonyl (C=O) groups excluding carboxylic acids is 3. The number of carbonyl (C=O) groups is 3. The number of hydrogen-bond acceptors (Lipinski definition) is 4. The molecule has 1 aromatic rings. The lowest BCUT2D eigenvalue weighted by atomic mass is 9.94. The zero-order valence-corrected chi connectivity index (χ0v) is 17.6. The zero-order valence-electron chi connectivity index (χ0n) is 16.0. The highest BCUT2D eigenvalue weighted by molar-refractivity contribution is 9.10. The van der Waals surface area contributed by atoms with Gasteiger partial charge in [-0.15, -0.1) is 0 Å². The largest absolute Gasteiger partial charge is 0.456 e. The summed E-state index contributed by atoms with van der Waals surface area (Å²) >= 11 is 3.19. The summed E-state index contributed by atoms with van der Waals surface area (Å²) in [7, 11) is 1.15. The number of rotatable bonds is 5. The van der Waals surface area contributed by atoms with E-state index < -0.39 is 30.0 Å². The molecule has 0 bridgehead atoms. The van der Waals surface area contributed by atoms with Crippen LogP contribution in [-0.4, -0.2) is 60.5 Å². The van der Waals surface area contributed by atoms with Crippen molar-refractivity contribution >= 4 is 33.7 Å². The minimum absolute atomic E-state index is 0.0226. The smallest absolute Gasteiger partial charge is 0.413 e. The van der Waals surface area contributed by atoms with Crippen molar-refractivity contribution in [2.45, 2.75) is 32.0 Å². The fourth-order valence-corrected chi connectivity index (χ4v) is 3.59. The van der Waals surface area contributed by atoms with Crippen molar-refractivity contribution in [1.82, 2.24) is 9.80 Å². The molecular weight excluding hydrogens is 457 g/mol. The molecule has 1 atom stereocenters. The molecule has 1 aliphatic heterocycles. The lowest BCUT2D eigenvalue weighted by Gasteiger charge is -2.36. The van der Waals surface area contributed by atoms with Gasteiger partial charge in [0.15, 0.2) is 12.6 Å². The van der Waals surface area contributed by atoms with E-state index in [1.165, 1.54) is 36.1 Å². The molecule has 1 fully saturated rings. The summed E-state index contributed by atoms with van der Waals surface area (Å²) in [6.45, 7) is 1.25. The van der Waals surface area contributed by atoms with Crippen LogP contribution in [0.5, 0.6) is 0 Å². The molecule has 1 saturated heterocycles. The first-order valence-electron chi connectivity index (χ1n) is 9.00. The van der Waals surface area contributed by atoms with Crippen molar-refractivity contribution in [3.63, 3.8) is 0 Å². The van der Waals surface area contributed by atoms with Gasteiger partial charge in [0, 0.05) is 37.5 Å². The number of hydrogen-bond donors (Lipinski definition) is 0. The van der Waals surface area contributed by atoms with Gasteiger partial charge in [-0.05, 0) is 30.5 Å². The van der Waals surface area contributed by atoms with E-state index in [1.807, 2.05) is 0 Å². The highest BCUT2D eigenvalue weighted by atomic mass is 79.9. The molecule has 0 spiro atoms. The van der Waals surface area contributed by atoms with Crippen LogP contribution in [0.25, 0.3) is 0 Å². The molecule has 0 N–H and O–H groups in total. The van der Waals surface area contributed by atoms with E-state index in [4.69, 9.17) is 0 Å². The maximum Gasteiger partial charge on any atom is 0.413 e. The molecule has 2 rings (SSSR count). The summed E-state index contributed by atoms with van der Waals surface area (Å²) in [6, 6.07) is 3.62. The number of likely N-dealkylation sites (tertiary alicyclic amines) is 1. The summed E-state index contributed by atoms with van der Waals surface area (Å²) in [5, 5.41) is 0. The molecule has 29 heavy (non-hydrogen) atoms. The van der Waals surface area contributed by atoms with Gasteiger partial charge in [-0.25, -0.2) is 0 Å². The minimum Gasteiger partial charge on any atom is -0.456 e. The van der Waals surface area contributed by atoms with Crippen LogP contribution in [-0.2, 0) is 19.1 Å². The Morgan fingerprint density at radius 3 is 2.24 bits per heavy atom. The molecule has 1 heterocycles. The van der Waals surface area contributed by atoms with Gasteiger partial charge in [0.1, 0.15) is 0 Å². The van der Waals surface area contributed by atoms with Crippen LogP contribution in [0.3, 0.4) is 0 Å². The van der Waals surface area contributed by atoms with Gasteiger partial charge in [-0.2, -0.15) is 13.2 Å². The van der Waals surface area contributed by atoms with Crippen LogP contribution in [0.15, 0.2) is 28.7 Å². The van der Waals surface area contributed by atoms with Crippen molar-refractivity contribution in [3.8, 4) is 0 Å². The predicted molar refractivity (Wildman–Crippen MR) is 102 cm³/mol. The summed E-state index contributed by atoms with van der Waals surface area (Å²) in [6.07, 6.45) is -4.13. The number of benzene rings is 1. The standard InChI is InChI=1S/C19H22BrF3N2O4/c1-12(26)29-11-16(27)25-9-7-14(8-10-25)18(28)24(2)17(19(21,22)23)13-3-5-15(20)6-4-13/h3-6,14,17H,7-11H2,1-2H3/t17-/m0/s1. The molecule has 10 heteroatoms. The predicted octanol–water partition coefficient (Wildman–Crippen LogP) is 3.31. The molecule has 1 aromatic carbocycles. The third kappa shape index (κ3) is 6.19. The normalized spacial score (nSPS) is 16.3. The maximum absolute atomic E-state index is 13.7. The Bertz CT molecular complexity index is 747. The molecule has 0 unspecified atom stereocenters. The van der Waals surface area contributed by atoms with Crippen LogP contribution in [0.4, 0.5) is 13.2 Å². The fraction of sp³-hybridized carbons (Fsp3) is 0.526. The van der Waals surface area contributed by atoms with E-state index in [1.54, 1.807) is 0 Å². The molecule has 6 nitrogen and oxygen atoms in total. The number of ether oxygens (including phenoxy) is 1. The lowest BCUT2D eigenvalue weighted by Crippen LogP contribution is -2.47. The second kappa shape index (κ2) is 9.60. The highest BCUT2D eigenvalue weighted by Crippen LogP contribution is 2.38. The first-order chi connectivity index (χ1) is 13.5. The van der Waals surface area contributed by atoms with E-state index in [0.29, 0.717) is 4.47 Å². The molecule has 0 aromatic heterocycles. The molecule has 160 valence electrons. The summed E-state index contributed by atoms with van der Waals surface area (Å²) < 4.78 is 46.4. The number of nitrogens with zero attached hydrogens (tertiary/aromatic N) is 2. The quantitative estimate of drug-likeness (QED) is 0.608. The molecule has 1 aliphatic rings. The second-order valence-electron chi connectivity index (χ2n) is 6.88. The number of halogens is 4. The van der Waals surface area contributed by atoms with Crippen molar-refractivity contribution in [1.29, 1.82) is 0 Å². The number of alkyl halides is 3. The fourth-order valence-electron chi connectivity index (χ4n) is 3.32. The Morgan fingerprint density at radius 2 is 1.76 bits per heavy atom. The molecule has 0 radical (unpaired) electrons. The van der Waals surface area contributed by atoms with Crippen LogP contribution < -0.4 is 0 Å². The molecule has 0 saturated carbocycles. The van der Waals surface area contributed by atoms with Crippen molar-refractivity contribution in [2.75, 3.05) is 26.7 Å². The van der Waals surface area contributed by atoms with Crippen LogP contribution in [0.2, 0.25) is 0 Å². The lowest BCUT2D eigenvalue weighted by molar-refractivity contribution is -0.191. The van der Waals surface area contributed by atoms with Gasteiger partial charge in [0.2, 0.25) is 5.91 Å². The third-order valence-electron chi connectivity index (χ3n) is 4.83. The Hall–Kier alpha value is -2.10. The van der Waals surface area contributed by atoms with Crippen LogP contribution in [0.1, 0.15) is 31.4 Å². The van der Waals surface area contributed by atoms with Crippen LogP contribution in [0, 0.1) is 5.92 Å². The summed E-state index contributed by atoms with van der Waals surface area (Å²) in [5.41, 5.74) is -0.0226. The van der Waals surface area contributed by atoms with E-state index >= 15 is 0 Å².